The van der Waals surface area contributed by atoms with Crippen LogP contribution in [0.15, 0.2) is 72.9 Å². The molecule has 5 nitrogen and oxygen atoms in total. The van der Waals surface area contributed by atoms with Gasteiger partial charge in [0.2, 0.25) is 0 Å². The SMILES string of the molecule is CC(C)c1ccccc1NC(=O)NCc1ccc(OCc2ccccn2)cc1. The smallest absolute Gasteiger partial charge is 0.319 e. The Labute approximate surface area is 165 Å². The Kier molecular flexibility index (Phi) is 6.63. The van der Waals surface area contributed by atoms with Crippen LogP contribution in [0.2, 0.25) is 0 Å². The van der Waals surface area contributed by atoms with E-state index < -0.39 is 0 Å². The van der Waals surface area contributed by atoms with Gasteiger partial charge in [0, 0.05) is 18.4 Å². The van der Waals surface area contributed by atoms with E-state index in [2.05, 4.69) is 29.5 Å². The first-order valence-electron chi connectivity index (χ1n) is 9.37. The molecule has 2 N–H and O–H groups in total. The molecule has 28 heavy (non-hydrogen) atoms. The van der Waals surface area contributed by atoms with Crippen LogP contribution in [0.5, 0.6) is 5.75 Å². The van der Waals surface area contributed by atoms with Gasteiger partial charge in [-0.1, -0.05) is 50.2 Å². The van der Waals surface area contributed by atoms with E-state index in [-0.39, 0.29) is 6.03 Å². The molecule has 0 bridgehead atoms. The normalized spacial score (nSPS) is 10.5. The Bertz CT molecular complexity index is 893. The number of benzene rings is 2. The molecule has 0 aliphatic heterocycles. The van der Waals surface area contributed by atoms with Crippen LogP contribution in [0.1, 0.15) is 36.6 Å². The van der Waals surface area contributed by atoms with Crippen molar-refractivity contribution in [1.29, 1.82) is 0 Å². The molecule has 0 saturated carbocycles. The van der Waals surface area contributed by atoms with Gasteiger partial charge in [0.25, 0.3) is 0 Å². The Morgan fingerprint density at radius 3 is 2.46 bits per heavy atom. The fraction of sp³-hybridized carbons (Fsp3) is 0.217. The lowest BCUT2D eigenvalue weighted by atomic mass is 10.0. The second-order valence-corrected chi connectivity index (χ2v) is 6.80. The number of rotatable bonds is 7. The Morgan fingerprint density at radius 1 is 1.00 bits per heavy atom. The largest absolute Gasteiger partial charge is 0.487 e. The van der Waals surface area contributed by atoms with E-state index in [4.69, 9.17) is 4.74 Å². The van der Waals surface area contributed by atoms with Gasteiger partial charge in [0.1, 0.15) is 12.4 Å². The second-order valence-electron chi connectivity index (χ2n) is 6.80. The third-order valence-electron chi connectivity index (χ3n) is 4.32. The maximum atomic E-state index is 12.2. The number of aromatic nitrogens is 1. The quantitative estimate of drug-likeness (QED) is 0.603. The number of hydrogen-bond donors (Lipinski definition) is 2. The number of anilines is 1. The van der Waals surface area contributed by atoms with Crippen molar-refractivity contribution < 1.29 is 9.53 Å². The maximum absolute atomic E-state index is 12.2. The summed E-state index contributed by atoms with van der Waals surface area (Å²) in [5.41, 5.74) is 3.84. The van der Waals surface area contributed by atoms with Gasteiger partial charge in [-0.3, -0.25) is 4.98 Å². The summed E-state index contributed by atoms with van der Waals surface area (Å²) in [6.45, 7) is 5.08. The van der Waals surface area contributed by atoms with E-state index in [0.29, 0.717) is 19.1 Å². The van der Waals surface area contributed by atoms with Crippen molar-refractivity contribution in [2.75, 3.05) is 5.32 Å². The molecule has 0 aliphatic carbocycles. The molecular formula is C23H25N3O2. The van der Waals surface area contributed by atoms with Crippen molar-refractivity contribution in [1.82, 2.24) is 10.3 Å². The molecule has 144 valence electrons. The highest BCUT2D eigenvalue weighted by Crippen LogP contribution is 2.23. The summed E-state index contributed by atoms with van der Waals surface area (Å²) in [6, 6.07) is 21.0. The zero-order chi connectivity index (χ0) is 19.8. The lowest BCUT2D eigenvalue weighted by molar-refractivity contribution is 0.251. The Hall–Kier alpha value is -3.34. The first-order chi connectivity index (χ1) is 13.6. The number of pyridine rings is 1. The predicted molar refractivity (Wildman–Crippen MR) is 111 cm³/mol. The summed E-state index contributed by atoms with van der Waals surface area (Å²) in [5, 5.41) is 5.82. The highest BCUT2D eigenvalue weighted by molar-refractivity contribution is 5.90. The monoisotopic (exact) mass is 375 g/mol. The highest BCUT2D eigenvalue weighted by Gasteiger charge is 2.08. The number of nitrogens with one attached hydrogen (secondary N) is 2. The first-order valence-corrected chi connectivity index (χ1v) is 9.37. The fourth-order valence-electron chi connectivity index (χ4n) is 2.81. The Morgan fingerprint density at radius 2 is 1.75 bits per heavy atom. The standard InChI is InChI=1S/C23H25N3O2/c1-17(2)21-8-3-4-9-22(21)26-23(27)25-15-18-10-12-20(13-11-18)28-16-19-7-5-6-14-24-19/h3-14,17H,15-16H2,1-2H3,(H2,25,26,27). The molecule has 0 aliphatic rings. The van der Waals surface area contributed by atoms with E-state index >= 15 is 0 Å². The van der Waals surface area contributed by atoms with E-state index in [1.54, 1.807) is 6.20 Å². The average Bonchev–Trinajstić information content (AvgIpc) is 2.72. The van der Waals surface area contributed by atoms with Crippen molar-refractivity contribution in [2.24, 2.45) is 0 Å². The van der Waals surface area contributed by atoms with Gasteiger partial charge in [0.05, 0.1) is 5.69 Å². The van der Waals surface area contributed by atoms with Crippen molar-refractivity contribution in [3.63, 3.8) is 0 Å². The van der Waals surface area contributed by atoms with E-state index in [1.807, 2.05) is 66.7 Å². The number of para-hydroxylation sites is 1. The van der Waals surface area contributed by atoms with Crippen LogP contribution in [0.4, 0.5) is 10.5 Å². The van der Waals surface area contributed by atoms with Gasteiger partial charge < -0.3 is 15.4 Å². The number of amides is 2. The van der Waals surface area contributed by atoms with Crippen molar-refractivity contribution >= 4 is 11.7 Å². The lowest BCUT2D eigenvalue weighted by Gasteiger charge is -2.14. The molecule has 1 heterocycles. The van der Waals surface area contributed by atoms with E-state index in [9.17, 15) is 4.79 Å². The fourth-order valence-corrected chi connectivity index (χ4v) is 2.81. The second kappa shape index (κ2) is 9.55. The molecule has 2 amide bonds. The zero-order valence-corrected chi connectivity index (χ0v) is 16.2. The first kappa shape index (κ1) is 19.4. The minimum absolute atomic E-state index is 0.219. The summed E-state index contributed by atoms with van der Waals surface area (Å²) in [4.78, 5) is 16.5. The van der Waals surface area contributed by atoms with Crippen LogP contribution in [-0.2, 0) is 13.2 Å². The highest BCUT2D eigenvalue weighted by atomic mass is 16.5. The van der Waals surface area contributed by atoms with Gasteiger partial charge in [0.15, 0.2) is 0 Å². The van der Waals surface area contributed by atoms with Crippen LogP contribution in [0.3, 0.4) is 0 Å². The Balaban J connectivity index is 1.49. The summed E-state index contributed by atoms with van der Waals surface area (Å²) in [7, 11) is 0. The summed E-state index contributed by atoms with van der Waals surface area (Å²) in [5.74, 6) is 1.11. The van der Waals surface area contributed by atoms with E-state index in [0.717, 1.165) is 28.3 Å². The summed E-state index contributed by atoms with van der Waals surface area (Å²) in [6.07, 6.45) is 1.75. The number of nitrogens with zero attached hydrogens (tertiary/aromatic N) is 1. The molecule has 1 aromatic heterocycles. The molecule has 0 fully saturated rings. The molecule has 5 heteroatoms. The zero-order valence-electron chi connectivity index (χ0n) is 16.2. The third kappa shape index (κ3) is 5.58. The molecule has 2 aromatic carbocycles. The molecule has 3 rings (SSSR count). The number of carbonyl (C=O) groups is 1. The van der Waals surface area contributed by atoms with Crippen molar-refractivity contribution in [3.05, 3.63) is 89.7 Å². The lowest BCUT2D eigenvalue weighted by Crippen LogP contribution is -2.28. The van der Waals surface area contributed by atoms with Crippen molar-refractivity contribution in [3.8, 4) is 5.75 Å². The van der Waals surface area contributed by atoms with Crippen LogP contribution < -0.4 is 15.4 Å². The molecule has 0 unspecified atom stereocenters. The van der Waals surface area contributed by atoms with Crippen LogP contribution in [0.25, 0.3) is 0 Å². The predicted octanol–water partition coefficient (Wildman–Crippen LogP) is 5.11. The summed E-state index contributed by atoms with van der Waals surface area (Å²) < 4.78 is 5.73. The molecule has 3 aromatic rings. The van der Waals surface area contributed by atoms with Gasteiger partial charge in [-0.05, 0) is 47.4 Å². The maximum Gasteiger partial charge on any atom is 0.319 e. The van der Waals surface area contributed by atoms with Crippen LogP contribution >= 0.6 is 0 Å². The average molecular weight is 375 g/mol. The summed E-state index contributed by atoms with van der Waals surface area (Å²) >= 11 is 0. The molecule has 0 atom stereocenters. The topological polar surface area (TPSA) is 63.2 Å². The van der Waals surface area contributed by atoms with Crippen LogP contribution in [0, 0.1) is 0 Å². The molecule has 0 saturated heterocycles. The molecule has 0 spiro atoms. The number of ether oxygens (including phenoxy) is 1. The van der Waals surface area contributed by atoms with Crippen molar-refractivity contribution in [2.45, 2.75) is 32.9 Å². The number of urea groups is 1. The number of carbonyl (C=O) groups excluding carboxylic acids is 1. The minimum atomic E-state index is -0.219. The number of hydrogen-bond acceptors (Lipinski definition) is 3. The van der Waals surface area contributed by atoms with E-state index in [1.165, 1.54) is 0 Å². The third-order valence-corrected chi connectivity index (χ3v) is 4.32. The minimum Gasteiger partial charge on any atom is -0.487 e. The van der Waals surface area contributed by atoms with Gasteiger partial charge in [-0.2, -0.15) is 0 Å². The van der Waals surface area contributed by atoms with Gasteiger partial charge in [-0.25, -0.2) is 4.79 Å². The molecule has 0 radical (unpaired) electrons. The van der Waals surface area contributed by atoms with Gasteiger partial charge >= 0.3 is 6.03 Å². The van der Waals surface area contributed by atoms with Crippen LogP contribution in [-0.4, -0.2) is 11.0 Å². The molecular weight excluding hydrogens is 350 g/mol. The van der Waals surface area contributed by atoms with Gasteiger partial charge in [-0.15, -0.1) is 0 Å².